The van der Waals surface area contributed by atoms with Gasteiger partial charge in [0.25, 0.3) is 11.8 Å². The van der Waals surface area contributed by atoms with Crippen LogP contribution in [-0.2, 0) is 0 Å². The van der Waals surface area contributed by atoms with Crippen molar-refractivity contribution in [1.29, 1.82) is 0 Å². The van der Waals surface area contributed by atoms with Crippen LogP contribution in [0.25, 0.3) is 0 Å². The van der Waals surface area contributed by atoms with Crippen LogP contribution in [0.1, 0.15) is 20.7 Å². The zero-order valence-corrected chi connectivity index (χ0v) is 19.8. The summed E-state index contributed by atoms with van der Waals surface area (Å²) >= 11 is 11.9. The van der Waals surface area contributed by atoms with Crippen molar-refractivity contribution in [3.05, 3.63) is 94.0 Å². The number of nitrogens with zero attached hydrogens (tertiary/aromatic N) is 4. The van der Waals surface area contributed by atoms with E-state index in [1.165, 1.54) is 19.2 Å². The predicted molar refractivity (Wildman–Crippen MR) is 134 cm³/mol. The Bertz CT molecular complexity index is 1420. The van der Waals surface area contributed by atoms with Gasteiger partial charge in [0.05, 0.1) is 12.8 Å². The standard InChI is InChI=1S/C24H18Cl2N6O3/c1-35-19-4-2-3-18(13-19)29-30-20-21(27)31-32(24(34)15-7-11-17(26)12-8-15)22(20)28-23(33)14-5-9-16(25)10-6-14/h2-13H,1H3,(H2,27,31)(H,28,33). The lowest BCUT2D eigenvalue weighted by molar-refractivity contribution is 0.0947. The molecular formula is C24H18Cl2N6O3. The molecule has 0 spiro atoms. The van der Waals surface area contributed by atoms with Gasteiger partial charge in [-0.05, 0) is 60.7 Å². The van der Waals surface area contributed by atoms with Crippen molar-refractivity contribution in [3.63, 3.8) is 0 Å². The van der Waals surface area contributed by atoms with E-state index in [-0.39, 0.29) is 22.9 Å². The molecule has 0 aliphatic carbocycles. The van der Waals surface area contributed by atoms with Crippen molar-refractivity contribution in [2.45, 2.75) is 0 Å². The number of amides is 1. The quantitative estimate of drug-likeness (QED) is 0.302. The Morgan fingerprint density at radius 1 is 0.943 bits per heavy atom. The molecule has 4 rings (SSSR count). The van der Waals surface area contributed by atoms with E-state index in [0.717, 1.165) is 4.68 Å². The van der Waals surface area contributed by atoms with Crippen molar-refractivity contribution in [3.8, 4) is 5.75 Å². The second-order valence-corrected chi connectivity index (χ2v) is 8.04. The molecule has 4 aromatic rings. The Morgan fingerprint density at radius 2 is 1.57 bits per heavy atom. The summed E-state index contributed by atoms with van der Waals surface area (Å²) < 4.78 is 6.16. The summed E-state index contributed by atoms with van der Waals surface area (Å²) in [4.78, 5) is 26.2. The Hall–Kier alpha value is -4.21. The molecule has 0 aliphatic rings. The Labute approximate surface area is 210 Å². The molecule has 0 unspecified atom stereocenters. The zero-order chi connectivity index (χ0) is 24.9. The third-order valence-corrected chi connectivity index (χ3v) is 5.33. The first-order chi connectivity index (χ1) is 16.9. The van der Waals surface area contributed by atoms with E-state index < -0.39 is 11.8 Å². The second kappa shape index (κ2) is 10.4. The highest BCUT2D eigenvalue weighted by Crippen LogP contribution is 2.34. The lowest BCUT2D eigenvalue weighted by Crippen LogP contribution is -2.20. The monoisotopic (exact) mass is 508 g/mol. The van der Waals surface area contributed by atoms with Crippen molar-refractivity contribution in [1.82, 2.24) is 9.78 Å². The number of nitrogens with one attached hydrogen (secondary N) is 1. The number of nitrogens with two attached hydrogens (primary N) is 1. The van der Waals surface area contributed by atoms with Gasteiger partial charge in [-0.25, -0.2) is 0 Å². The van der Waals surface area contributed by atoms with Gasteiger partial charge in [-0.3, -0.25) is 9.59 Å². The van der Waals surface area contributed by atoms with E-state index >= 15 is 0 Å². The zero-order valence-electron chi connectivity index (χ0n) is 18.3. The van der Waals surface area contributed by atoms with Gasteiger partial charge >= 0.3 is 0 Å². The molecule has 0 saturated carbocycles. The number of hydrogen-bond donors (Lipinski definition) is 2. The van der Waals surface area contributed by atoms with Crippen molar-refractivity contribution < 1.29 is 14.3 Å². The van der Waals surface area contributed by atoms with Gasteiger partial charge in [0, 0.05) is 27.2 Å². The molecule has 1 heterocycles. The molecule has 0 atom stereocenters. The number of halogens is 2. The number of anilines is 2. The molecule has 1 amide bonds. The summed E-state index contributed by atoms with van der Waals surface area (Å²) in [6.07, 6.45) is 0. The lowest BCUT2D eigenvalue weighted by atomic mass is 10.2. The van der Waals surface area contributed by atoms with Crippen LogP contribution in [0.2, 0.25) is 10.0 Å². The fourth-order valence-electron chi connectivity index (χ4n) is 3.06. The summed E-state index contributed by atoms with van der Waals surface area (Å²) in [6.45, 7) is 0. The third-order valence-electron chi connectivity index (χ3n) is 4.83. The first-order valence-corrected chi connectivity index (χ1v) is 10.9. The van der Waals surface area contributed by atoms with Gasteiger partial charge in [0.2, 0.25) is 0 Å². The number of ether oxygens (including phenoxy) is 1. The average Bonchev–Trinajstić information content (AvgIpc) is 3.17. The molecule has 0 radical (unpaired) electrons. The molecule has 176 valence electrons. The number of carbonyl (C=O) groups excluding carboxylic acids is 2. The van der Waals surface area contributed by atoms with Gasteiger partial charge in [-0.15, -0.1) is 10.2 Å². The average molecular weight is 509 g/mol. The van der Waals surface area contributed by atoms with Crippen molar-refractivity contribution in [2.24, 2.45) is 10.2 Å². The predicted octanol–water partition coefficient (Wildman–Crippen LogP) is 6.14. The van der Waals surface area contributed by atoms with Gasteiger partial charge in [0.15, 0.2) is 17.3 Å². The molecule has 3 N–H and O–H groups in total. The second-order valence-electron chi connectivity index (χ2n) is 7.17. The fraction of sp³-hybridized carbons (Fsp3) is 0.0417. The van der Waals surface area contributed by atoms with Gasteiger partial charge in [-0.2, -0.15) is 9.80 Å². The van der Waals surface area contributed by atoms with Crippen LogP contribution in [0.3, 0.4) is 0 Å². The Morgan fingerprint density at radius 3 is 2.20 bits per heavy atom. The van der Waals surface area contributed by atoms with Gasteiger partial charge in [-0.1, -0.05) is 29.3 Å². The van der Waals surface area contributed by atoms with E-state index in [2.05, 4.69) is 20.6 Å². The van der Waals surface area contributed by atoms with Crippen molar-refractivity contribution >= 4 is 58.0 Å². The summed E-state index contributed by atoms with van der Waals surface area (Å²) in [5.74, 6) is -0.647. The maximum absolute atomic E-state index is 13.2. The molecule has 0 bridgehead atoms. The number of hydrogen-bond acceptors (Lipinski definition) is 7. The minimum atomic E-state index is -0.553. The molecule has 1 aromatic heterocycles. The highest BCUT2D eigenvalue weighted by Gasteiger charge is 2.24. The lowest BCUT2D eigenvalue weighted by Gasteiger charge is -2.09. The summed E-state index contributed by atoms with van der Waals surface area (Å²) in [5.41, 5.74) is 7.14. The van der Waals surface area contributed by atoms with Gasteiger partial charge in [0.1, 0.15) is 5.75 Å². The number of nitrogen functional groups attached to an aromatic ring is 1. The molecular weight excluding hydrogens is 491 g/mol. The Kier molecular flexibility index (Phi) is 7.09. The SMILES string of the molecule is COc1cccc(N=Nc2c(N)nn(C(=O)c3ccc(Cl)cc3)c2NC(=O)c2ccc(Cl)cc2)c1. The van der Waals surface area contributed by atoms with E-state index in [4.69, 9.17) is 33.7 Å². The summed E-state index contributed by atoms with van der Waals surface area (Å²) in [6, 6.07) is 19.3. The van der Waals surface area contributed by atoms with Crippen molar-refractivity contribution in [2.75, 3.05) is 18.2 Å². The summed E-state index contributed by atoms with van der Waals surface area (Å²) in [5, 5.41) is 16.1. The number of carbonyl (C=O) groups is 2. The highest BCUT2D eigenvalue weighted by atomic mass is 35.5. The number of aromatic nitrogens is 2. The first-order valence-electron chi connectivity index (χ1n) is 10.2. The normalized spacial score (nSPS) is 10.9. The van der Waals surface area contributed by atoms with E-state index in [1.807, 2.05) is 0 Å². The number of benzene rings is 3. The molecule has 9 nitrogen and oxygen atoms in total. The molecule has 11 heteroatoms. The third kappa shape index (κ3) is 5.48. The topological polar surface area (TPSA) is 124 Å². The molecule has 0 fully saturated rings. The van der Waals surface area contributed by atoms with Crippen LogP contribution in [0.15, 0.2) is 83.0 Å². The van der Waals surface area contributed by atoms with Gasteiger partial charge < -0.3 is 15.8 Å². The van der Waals surface area contributed by atoms with Crippen LogP contribution < -0.4 is 15.8 Å². The Balaban J connectivity index is 1.76. The number of rotatable bonds is 6. The molecule has 35 heavy (non-hydrogen) atoms. The van der Waals surface area contributed by atoms with E-state index in [9.17, 15) is 9.59 Å². The fourth-order valence-corrected chi connectivity index (χ4v) is 3.31. The summed E-state index contributed by atoms with van der Waals surface area (Å²) in [7, 11) is 1.53. The van der Waals surface area contributed by atoms with Crippen LogP contribution in [0.4, 0.5) is 23.0 Å². The van der Waals surface area contributed by atoms with E-state index in [1.54, 1.807) is 60.7 Å². The minimum Gasteiger partial charge on any atom is -0.497 e. The highest BCUT2D eigenvalue weighted by molar-refractivity contribution is 6.31. The smallest absolute Gasteiger partial charge is 0.280 e. The van der Waals surface area contributed by atoms with E-state index in [0.29, 0.717) is 27.0 Å². The maximum Gasteiger partial charge on any atom is 0.280 e. The largest absolute Gasteiger partial charge is 0.497 e. The maximum atomic E-state index is 13.2. The molecule has 3 aromatic carbocycles. The molecule has 0 saturated heterocycles. The van der Waals surface area contributed by atoms with Crippen LogP contribution in [-0.4, -0.2) is 28.7 Å². The van der Waals surface area contributed by atoms with Crippen LogP contribution in [0.5, 0.6) is 5.75 Å². The van der Waals surface area contributed by atoms with Crippen LogP contribution in [0, 0.1) is 0 Å². The minimum absolute atomic E-state index is 0.0115. The number of azo groups is 1. The number of methoxy groups -OCH3 is 1. The molecule has 0 aliphatic heterocycles. The first kappa shape index (κ1) is 23.9. The van der Waals surface area contributed by atoms with Crippen LogP contribution >= 0.6 is 23.2 Å².